The summed E-state index contributed by atoms with van der Waals surface area (Å²) in [6.07, 6.45) is 0. The molecule has 33 heavy (non-hydrogen) atoms. The molecule has 1 aliphatic rings. The van der Waals surface area contributed by atoms with E-state index in [1.165, 1.54) is 17.4 Å². The summed E-state index contributed by atoms with van der Waals surface area (Å²) in [6.45, 7) is 8.54. The molecule has 0 spiro atoms. The zero-order chi connectivity index (χ0) is 23.5. The molecule has 0 bridgehead atoms. The smallest absolute Gasteiger partial charge is 0.289 e. The molecule has 174 valence electrons. The molecule has 7 nitrogen and oxygen atoms in total. The lowest BCUT2D eigenvalue weighted by molar-refractivity contribution is 0.0610. The highest BCUT2D eigenvalue weighted by Crippen LogP contribution is 2.23. The number of hydrogen-bond acceptors (Lipinski definition) is 5. The number of halogens is 2. The van der Waals surface area contributed by atoms with Gasteiger partial charge in [0.1, 0.15) is 5.76 Å². The fourth-order valence-corrected chi connectivity index (χ4v) is 4.81. The van der Waals surface area contributed by atoms with Crippen molar-refractivity contribution >= 4 is 46.4 Å². The van der Waals surface area contributed by atoms with Crippen LogP contribution >= 0.6 is 34.5 Å². The molecular weight excluding hydrogens is 483 g/mol. The van der Waals surface area contributed by atoms with Gasteiger partial charge in [0.15, 0.2) is 10.6 Å². The average molecular weight is 507 g/mol. The quantitative estimate of drug-likeness (QED) is 0.516. The molecule has 3 aromatic rings. The van der Waals surface area contributed by atoms with Crippen LogP contribution < -0.4 is 4.80 Å². The number of rotatable bonds is 5. The normalized spacial score (nSPS) is 15.3. The Kier molecular flexibility index (Phi) is 7.38. The topological polar surface area (TPSA) is 71.1 Å². The largest absolute Gasteiger partial charge is 0.454 e. The summed E-state index contributed by atoms with van der Waals surface area (Å²) >= 11 is 13.3. The first-order chi connectivity index (χ1) is 15.9. The number of hydrogen-bond donors (Lipinski definition) is 0. The van der Waals surface area contributed by atoms with E-state index in [1.54, 1.807) is 24.3 Å². The van der Waals surface area contributed by atoms with Crippen molar-refractivity contribution in [3.63, 3.8) is 0 Å². The molecule has 1 aliphatic heterocycles. The summed E-state index contributed by atoms with van der Waals surface area (Å²) < 4.78 is 7.76. The van der Waals surface area contributed by atoms with Crippen LogP contribution in [0.4, 0.5) is 0 Å². The second kappa shape index (κ2) is 10.3. The minimum absolute atomic E-state index is 0.0938. The number of nitrogens with zero attached hydrogens (tertiary/aromatic N) is 4. The van der Waals surface area contributed by atoms with Crippen molar-refractivity contribution in [1.82, 2.24) is 14.4 Å². The van der Waals surface area contributed by atoms with Crippen molar-refractivity contribution in [3.05, 3.63) is 73.3 Å². The number of amides is 2. The molecule has 0 aliphatic carbocycles. The molecule has 1 fully saturated rings. The van der Waals surface area contributed by atoms with Crippen LogP contribution in [0.2, 0.25) is 10.0 Å². The molecule has 2 aromatic heterocycles. The number of furan rings is 1. The Morgan fingerprint density at radius 2 is 1.85 bits per heavy atom. The summed E-state index contributed by atoms with van der Waals surface area (Å²) in [6, 6.07) is 8.18. The van der Waals surface area contributed by atoms with E-state index in [9.17, 15) is 9.59 Å². The van der Waals surface area contributed by atoms with Gasteiger partial charge < -0.3 is 18.8 Å². The maximum Gasteiger partial charge on any atom is 0.289 e. The van der Waals surface area contributed by atoms with Crippen LogP contribution in [0.15, 0.2) is 45.1 Å². The number of piperazine rings is 1. The predicted octanol–water partition coefficient (Wildman–Crippen LogP) is 4.32. The lowest BCUT2D eigenvalue weighted by Gasteiger charge is -2.33. The minimum Gasteiger partial charge on any atom is -0.454 e. The predicted molar refractivity (Wildman–Crippen MR) is 129 cm³/mol. The van der Waals surface area contributed by atoms with Gasteiger partial charge in [0.05, 0.1) is 16.6 Å². The Labute approximate surface area is 205 Å². The molecule has 0 N–H and O–H groups in total. The lowest BCUT2D eigenvalue weighted by Crippen LogP contribution is -2.48. The SMILES string of the molecule is CCN1CCN(C(=O)c2ccc(Cn3c(C)csc3=NC(=O)c3ccc(Cl)c(Cl)c3)o2)CC1. The highest BCUT2D eigenvalue weighted by molar-refractivity contribution is 7.07. The number of likely N-dealkylation sites (N-methyl/N-ethyl adjacent to an activating group) is 1. The fourth-order valence-electron chi connectivity index (χ4n) is 3.63. The number of aryl methyl sites for hydroxylation is 1. The molecule has 1 saturated heterocycles. The molecule has 0 saturated carbocycles. The summed E-state index contributed by atoms with van der Waals surface area (Å²) in [4.78, 5) is 34.4. The van der Waals surface area contributed by atoms with E-state index in [1.807, 2.05) is 21.8 Å². The highest BCUT2D eigenvalue weighted by Gasteiger charge is 2.23. The number of carbonyl (C=O) groups excluding carboxylic acids is 2. The van der Waals surface area contributed by atoms with Gasteiger partial charge in [-0.2, -0.15) is 4.99 Å². The second-order valence-electron chi connectivity index (χ2n) is 7.78. The number of aromatic nitrogens is 1. The lowest BCUT2D eigenvalue weighted by atomic mass is 10.2. The van der Waals surface area contributed by atoms with Gasteiger partial charge in [0, 0.05) is 42.8 Å². The molecule has 0 atom stereocenters. The van der Waals surface area contributed by atoms with E-state index < -0.39 is 5.91 Å². The van der Waals surface area contributed by atoms with Crippen molar-refractivity contribution in [1.29, 1.82) is 0 Å². The van der Waals surface area contributed by atoms with Gasteiger partial charge >= 0.3 is 0 Å². The monoisotopic (exact) mass is 506 g/mol. The van der Waals surface area contributed by atoms with E-state index >= 15 is 0 Å². The first-order valence-corrected chi connectivity index (χ1v) is 12.3. The molecule has 4 rings (SSSR count). The summed E-state index contributed by atoms with van der Waals surface area (Å²) in [5, 5.41) is 2.60. The standard InChI is InChI=1S/C23H24Cl2N4O3S/c1-3-27-8-10-28(11-9-27)22(31)20-7-5-17(32-20)13-29-15(2)14-33-23(29)26-21(30)16-4-6-18(24)19(25)12-16/h4-7,12,14H,3,8-11,13H2,1-2H3. The fraction of sp³-hybridized carbons (Fsp3) is 0.348. The molecule has 1 aromatic carbocycles. The van der Waals surface area contributed by atoms with E-state index in [4.69, 9.17) is 27.6 Å². The minimum atomic E-state index is -0.411. The molecular formula is C23H24Cl2N4O3S. The second-order valence-corrected chi connectivity index (χ2v) is 9.44. The third-order valence-corrected chi connectivity index (χ3v) is 7.37. The van der Waals surface area contributed by atoms with Crippen LogP contribution in [0.1, 0.15) is 39.3 Å². The highest BCUT2D eigenvalue weighted by atomic mass is 35.5. The zero-order valence-corrected chi connectivity index (χ0v) is 20.7. The van der Waals surface area contributed by atoms with E-state index in [0.717, 1.165) is 25.3 Å². The summed E-state index contributed by atoms with van der Waals surface area (Å²) in [7, 11) is 0. The molecule has 0 unspecified atom stereocenters. The number of carbonyl (C=O) groups is 2. The molecule has 3 heterocycles. The summed E-state index contributed by atoms with van der Waals surface area (Å²) in [5.41, 5.74) is 1.29. The molecule has 2 amide bonds. The maximum absolute atomic E-state index is 12.8. The van der Waals surface area contributed by atoms with Crippen molar-refractivity contribution in [2.24, 2.45) is 4.99 Å². The Morgan fingerprint density at radius 1 is 1.09 bits per heavy atom. The summed E-state index contributed by atoms with van der Waals surface area (Å²) in [5.74, 6) is 0.443. The average Bonchev–Trinajstić information content (AvgIpc) is 3.43. The molecule has 0 radical (unpaired) electrons. The van der Waals surface area contributed by atoms with Gasteiger partial charge in [-0.25, -0.2) is 0 Å². The van der Waals surface area contributed by atoms with Crippen LogP contribution in [-0.4, -0.2) is 58.9 Å². The van der Waals surface area contributed by atoms with Crippen LogP contribution in [0, 0.1) is 6.92 Å². The van der Waals surface area contributed by atoms with Crippen LogP contribution in [-0.2, 0) is 6.54 Å². The van der Waals surface area contributed by atoms with E-state index in [-0.39, 0.29) is 5.91 Å². The van der Waals surface area contributed by atoms with Crippen molar-refractivity contribution in [2.75, 3.05) is 32.7 Å². The van der Waals surface area contributed by atoms with Gasteiger partial charge in [-0.15, -0.1) is 11.3 Å². The van der Waals surface area contributed by atoms with Gasteiger partial charge in [0.2, 0.25) is 0 Å². The Morgan fingerprint density at radius 3 is 2.55 bits per heavy atom. The van der Waals surface area contributed by atoms with Gasteiger partial charge in [-0.05, 0) is 43.8 Å². The molecule has 10 heteroatoms. The van der Waals surface area contributed by atoms with Gasteiger partial charge in [0.25, 0.3) is 11.8 Å². The van der Waals surface area contributed by atoms with Crippen molar-refractivity contribution < 1.29 is 14.0 Å². The maximum atomic E-state index is 12.8. The Bertz CT molecular complexity index is 1240. The van der Waals surface area contributed by atoms with E-state index in [0.29, 0.717) is 51.6 Å². The van der Waals surface area contributed by atoms with E-state index in [2.05, 4.69) is 16.8 Å². The zero-order valence-electron chi connectivity index (χ0n) is 18.4. The van der Waals surface area contributed by atoms with Crippen molar-refractivity contribution in [3.8, 4) is 0 Å². The van der Waals surface area contributed by atoms with Crippen molar-refractivity contribution in [2.45, 2.75) is 20.4 Å². The van der Waals surface area contributed by atoms with Gasteiger partial charge in [-0.3, -0.25) is 9.59 Å². The number of benzene rings is 1. The number of thiazole rings is 1. The van der Waals surface area contributed by atoms with Crippen LogP contribution in [0.25, 0.3) is 0 Å². The third kappa shape index (κ3) is 5.41. The Balaban J connectivity index is 1.50. The first kappa shape index (κ1) is 23.8. The third-order valence-electron chi connectivity index (χ3n) is 5.65. The first-order valence-electron chi connectivity index (χ1n) is 10.6. The Hall–Kier alpha value is -2.39. The van der Waals surface area contributed by atoms with Crippen LogP contribution in [0.3, 0.4) is 0 Å². The van der Waals surface area contributed by atoms with Crippen LogP contribution in [0.5, 0.6) is 0 Å². The van der Waals surface area contributed by atoms with Gasteiger partial charge in [-0.1, -0.05) is 30.1 Å².